The van der Waals surface area contributed by atoms with Gasteiger partial charge in [-0.05, 0) is 49.1 Å². The van der Waals surface area contributed by atoms with Gasteiger partial charge in [-0.25, -0.2) is 4.98 Å². The summed E-state index contributed by atoms with van der Waals surface area (Å²) in [5.74, 6) is 0.946. The maximum atomic E-state index is 8.93. The van der Waals surface area contributed by atoms with E-state index >= 15 is 0 Å². The van der Waals surface area contributed by atoms with E-state index in [4.69, 9.17) is 5.26 Å². The molecule has 0 bridgehead atoms. The number of hydrogen-bond acceptors (Lipinski definition) is 3. The number of anilines is 1. The molecule has 2 aliphatic rings. The molecule has 0 unspecified atom stereocenters. The molecule has 16 heavy (non-hydrogen) atoms. The maximum Gasteiger partial charge on any atom is 0.163 e. The van der Waals surface area contributed by atoms with Gasteiger partial charge in [0, 0.05) is 12.7 Å². The molecule has 3 nitrogen and oxygen atoms in total. The monoisotopic (exact) mass is 213 g/mol. The van der Waals surface area contributed by atoms with Gasteiger partial charge in [0.1, 0.15) is 6.07 Å². The topological polar surface area (TPSA) is 48.7 Å². The molecule has 2 saturated carbocycles. The van der Waals surface area contributed by atoms with Crippen molar-refractivity contribution >= 4 is 5.69 Å². The fourth-order valence-corrected chi connectivity index (χ4v) is 2.49. The van der Waals surface area contributed by atoms with E-state index in [-0.39, 0.29) is 0 Å². The molecule has 2 fully saturated rings. The normalized spacial score (nSPS) is 21.2. The Balaban J connectivity index is 1.68. The Morgan fingerprint density at radius 1 is 1.50 bits per heavy atom. The summed E-state index contributed by atoms with van der Waals surface area (Å²) in [5.41, 5.74) is 1.95. The van der Waals surface area contributed by atoms with Gasteiger partial charge in [0.15, 0.2) is 5.69 Å². The van der Waals surface area contributed by atoms with Gasteiger partial charge in [-0.2, -0.15) is 5.26 Å². The van der Waals surface area contributed by atoms with E-state index in [1.807, 2.05) is 12.1 Å². The summed E-state index contributed by atoms with van der Waals surface area (Å²) in [6.07, 6.45) is 7.18. The lowest BCUT2D eigenvalue weighted by Gasteiger charge is -2.16. The zero-order chi connectivity index (χ0) is 11.0. The van der Waals surface area contributed by atoms with E-state index < -0.39 is 0 Å². The summed E-state index contributed by atoms with van der Waals surface area (Å²) < 4.78 is 0. The molecule has 0 aliphatic heterocycles. The third-order valence-electron chi connectivity index (χ3n) is 3.88. The van der Waals surface area contributed by atoms with Gasteiger partial charge in [0.25, 0.3) is 0 Å². The van der Waals surface area contributed by atoms with Gasteiger partial charge in [0.05, 0.1) is 5.69 Å². The van der Waals surface area contributed by atoms with E-state index in [0.29, 0.717) is 11.1 Å². The molecule has 0 spiro atoms. The third kappa shape index (κ3) is 1.65. The van der Waals surface area contributed by atoms with Crippen molar-refractivity contribution in [3.63, 3.8) is 0 Å². The minimum Gasteiger partial charge on any atom is -0.382 e. The molecular weight excluding hydrogens is 198 g/mol. The molecule has 1 aromatic heterocycles. The molecule has 0 aromatic carbocycles. The van der Waals surface area contributed by atoms with Crippen molar-refractivity contribution in [3.05, 3.63) is 24.0 Å². The van der Waals surface area contributed by atoms with Gasteiger partial charge >= 0.3 is 0 Å². The molecule has 3 heteroatoms. The fourth-order valence-electron chi connectivity index (χ4n) is 2.49. The van der Waals surface area contributed by atoms with Crippen molar-refractivity contribution in [2.45, 2.75) is 25.7 Å². The van der Waals surface area contributed by atoms with Crippen LogP contribution in [-0.4, -0.2) is 11.5 Å². The number of nitrogens with zero attached hydrogens (tertiary/aromatic N) is 2. The zero-order valence-electron chi connectivity index (χ0n) is 9.24. The first-order valence-corrected chi connectivity index (χ1v) is 5.93. The quantitative estimate of drug-likeness (QED) is 0.836. The highest BCUT2D eigenvalue weighted by molar-refractivity contribution is 5.53. The minimum absolute atomic E-state index is 0.508. The molecule has 2 aliphatic carbocycles. The number of nitriles is 1. The third-order valence-corrected chi connectivity index (χ3v) is 3.88. The van der Waals surface area contributed by atoms with E-state index in [1.54, 1.807) is 6.20 Å². The van der Waals surface area contributed by atoms with Gasteiger partial charge in [-0.3, -0.25) is 0 Å². The van der Waals surface area contributed by atoms with Crippen molar-refractivity contribution in [1.82, 2.24) is 4.98 Å². The summed E-state index contributed by atoms with van der Waals surface area (Å²) in [5, 5.41) is 12.3. The van der Waals surface area contributed by atoms with Crippen LogP contribution < -0.4 is 5.32 Å². The summed E-state index contributed by atoms with van der Waals surface area (Å²) in [4.78, 5) is 4.06. The average molecular weight is 213 g/mol. The highest BCUT2D eigenvalue weighted by atomic mass is 14.9. The number of nitrogens with one attached hydrogen (secondary N) is 1. The summed E-state index contributed by atoms with van der Waals surface area (Å²) >= 11 is 0. The molecule has 82 valence electrons. The Bertz CT molecular complexity index is 439. The molecule has 0 amide bonds. The van der Waals surface area contributed by atoms with E-state index in [2.05, 4.69) is 16.4 Å². The van der Waals surface area contributed by atoms with Gasteiger partial charge in [0.2, 0.25) is 0 Å². The second-order valence-corrected chi connectivity index (χ2v) is 5.00. The molecule has 1 aromatic rings. The maximum absolute atomic E-state index is 8.93. The Morgan fingerprint density at radius 3 is 2.94 bits per heavy atom. The Kier molecular flexibility index (Phi) is 2.10. The lowest BCUT2D eigenvalue weighted by Crippen LogP contribution is -2.18. The highest BCUT2D eigenvalue weighted by Crippen LogP contribution is 2.61. The predicted octanol–water partition coefficient (Wildman–Crippen LogP) is 2.56. The Labute approximate surface area is 95.5 Å². The highest BCUT2D eigenvalue weighted by Gasteiger charge is 2.53. The predicted molar refractivity (Wildman–Crippen MR) is 61.8 cm³/mol. The molecule has 1 N–H and O–H groups in total. The second kappa shape index (κ2) is 3.48. The van der Waals surface area contributed by atoms with Gasteiger partial charge in [-0.1, -0.05) is 0 Å². The van der Waals surface area contributed by atoms with Crippen LogP contribution in [0.25, 0.3) is 0 Å². The van der Waals surface area contributed by atoms with Crippen LogP contribution >= 0.6 is 0 Å². The first kappa shape index (κ1) is 9.65. The van der Waals surface area contributed by atoms with Crippen molar-refractivity contribution < 1.29 is 0 Å². The van der Waals surface area contributed by atoms with Crippen LogP contribution in [-0.2, 0) is 0 Å². The number of hydrogen-bond donors (Lipinski definition) is 1. The van der Waals surface area contributed by atoms with Crippen molar-refractivity contribution in [2.75, 3.05) is 11.9 Å². The number of rotatable bonds is 4. The van der Waals surface area contributed by atoms with E-state index in [9.17, 15) is 0 Å². The summed E-state index contributed by atoms with van der Waals surface area (Å²) in [6.45, 7) is 1.01. The van der Waals surface area contributed by atoms with Crippen LogP contribution in [0.4, 0.5) is 5.69 Å². The van der Waals surface area contributed by atoms with E-state index in [0.717, 1.165) is 18.2 Å². The number of aromatic nitrogens is 1. The van der Waals surface area contributed by atoms with Crippen LogP contribution in [0, 0.1) is 22.7 Å². The first-order chi connectivity index (χ1) is 7.84. The Morgan fingerprint density at radius 2 is 2.31 bits per heavy atom. The van der Waals surface area contributed by atoms with Crippen LogP contribution in [0.3, 0.4) is 0 Å². The van der Waals surface area contributed by atoms with Crippen molar-refractivity contribution in [3.8, 4) is 6.07 Å². The summed E-state index contributed by atoms with van der Waals surface area (Å²) in [6, 6.07) is 5.94. The second-order valence-electron chi connectivity index (χ2n) is 5.00. The molecule has 0 radical (unpaired) electrons. The minimum atomic E-state index is 0.508. The average Bonchev–Trinajstić information content (AvgIpc) is 3.17. The van der Waals surface area contributed by atoms with E-state index in [1.165, 1.54) is 25.7 Å². The molecule has 1 heterocycles. The molecule has 3 rings (SSSR count). The fraction of sp³-hybridized carbons (Fsp3) is 0.538. The molecular formula is C13H15N3. The van der Waals surface area contributed by atoms with Crippen LogP contribution in [0.1, 0.15) is 31.4 Å². The number of pyridine rings is 1. The standard InChI is InChI=1S/C13H15N3/c14-8-12-11(2-1-7-15-12)16-9-13(5-6-13)10-3-4-10/h1-2,7,10,16H,3-6,9H2. The van der Waals surface area contributed by atoms with Crippen molar-refractivity contribution in [1.29, 1.82) is 5.26 Å². The Hall–Kier alpha value is -1.56. The molecule has 0 saturated heterocycles. The lowest BCUT2D eigenvalue weighted by atomic mass is 10.0. The first-order valence-electron chi connectivity index (χ1n) is 5.93. The molecule has 0 atom stereocenters. The SMILES string of the molecule is N#Cc1ncccc1NCC1(C2CC2)CC1. The lowest BCUT2D eigenvalue weighted by molar-refractivity contribution is 0.467. The smallest absolute Gasteiger partial charge is 0.163 e. The van der Waals surface area contributed by atoms with Gasteiger partial charge in [-0.15, -0.1) is 0 Å². The summed E-state index contributed by atoms with van der Waals surface area (Å²) in [7, 11) is 0. The van der Waals surface area contributed by atoms with Crippen molar-refractivity contribution in [2.24, 2.45) is 11.3 Å². The van der Waals surface area contributed by atoms with Crippen LogP contribution in [0.2, 0.25) is 0 Å². The van der Waals surface area contributed by atoms with Crippen LogP contribution in [0.15, 0.2) is 18.3 Å². The zero-order valence-corrected chi connectivity index (χ0v) is 9.24. The van der Waals surface area contributed by atoms with Crippen LogP contribution in [0.5, 0.6) is 0 Å². The van der Waals surface area contributed by atoms with Gasteiger partial charge < -0.3 is 5.32 Å². The largest absolute Gasteiger partial charge is 0.382 e.